The number of carbonyl (C=O) groups excluding carboxylic acids is 3. The molecule has 0 spiro atoms. The highest BCUT2D eigenvalue weighted by molar-refractivity contribution is 7.95. The zero-order valence-corrected chi connectivity index (χ0v) is 20.5. The van der Waals surface area contributed by atoms with E-state index in [1.54, 1.807) is 24.3 Å². The molecular weight excluding hydrogens is 484 g/mol. The molecule has 2 aromatic rings. The standard InChI is InChI=1S/C26H28N2O7S/c29-24(19-36(32,33)16-13-20-7-3-1-4-8-20)27-14-11-22(12-15-27)28-23(18-35-26(28)31)25(30)34-17-21-9-5-2-6-10-21/h1-10,13,16,22-23H,11-12,14-15,17-19H2/b16-13+/t23-/m0/s1. The third-order valence-corrected chi connectivity index (χ3v) is 7.41. The molecule has 10 heteroatoms. The molecule has 2 aromatic carbocycles. The number of cyclic esters (lactones) is 1. The summed E-state index contributed by atoms with van der Waals surface area (Å²) in [5.41, 5.74) is 1.56. The largest absolute Gasteiger partial charge is 0.459 e. The number of rotatable bonds is 8. The van der Waals surface area contributed by atoms with Gasteiger partial charge in [-0.1, -0.05) is 60.7 Å². The predicted molar refractivity (Wildman–Crippen MR) is 132 cm³/mol. The number of benzene rings is 2. The summed E-state index contributed by atoms with van der Waals surface area (Å²) >= 11 is 0. The van der Waals surface area contributed by atoms with Crippen molar-refractivity contribution in [3.8, 4) is 0 Å². The minimum absolute atomic E-state index is 0.0857. The van der Waals surface area contributed by atoms with Gasteiger partial charge in [-0.3, -0.25) is 9.69 Å². The molecule has 0 radical (unpaired) electrons. The van der Waals surface area contributed by atoms with Crippen LogP contribution in [0.2, 0.25) is 0 Å². The van der Waals surface area contributed by atoms with Crippen molar-refractivity contribution >= 4 is 33.9 Å². The van der Waals surface area contributed by atoms with E-state index in [4.69, 9.17) is 9.47 Å². The maximum Gasteiger partial charge on any atom is 0.410 e. The van der Waals surface area contributed by atoms with Crippen LogP contribution in [-0.2, 0) is 35.5 Å². The van der Waals surface area contributed by atoms with Gasteiger partial charge < -0.3 is 14.4 Å². The normalized spacial score (nSPS) is 18.9. The van der Waals surface area contributed by atoms with Crippen LogP contribution in [0.3, 0.4) is 0 Å². The minimum atomic E-state index is -3.73. The fourth-order valence-corrected chi connectivity index (χ4v) is 5.28. The van der Waals surface area contributed by atoms with E-state index in [-0.39, 0.29) is 32.3 Å². The van der Waals surface area contributed by atoms with Gasteiger partial charge in [-0.15, -0.1) is 0 Å². The first-order chi connectivity index (χ1) is 17.3. The Bertz CT molecular complexity index is 1210. The van der Waals surface area contributed by atoms with Crippen LogP contribution in [0.15, 0.2) is 66.1 Å². The molecule has 4 rings (SSSR count). The van der Waals surface area contributed by atoms with Gasteiger partial charge in [0.2, 0.25) is 5.91 Å². The highest BCUT2D eigenvalue weighted by atomic mass is 32.2. The molecule has 2 aliphatic heterocycles. The smallest absolute Gasteiger partial charge is 0.410 e. The van der Waals surface area contributed by atoms with Crippen molar-refractivity contribution in [2.75, 3.05) is 25.4 Å². The van der Waals surface area contributed by atoms with Gasteiger partial charge in [-0.2, -0.15) is 0 Å². The van der Waals surface area contributed by atoms with Crippen LogP contribution in [0.5, 0.6) is 0 Å². The van der Waals surface area contributed by atoms with E-state index < -0.39 is 39.6 Å². The molecule has 0 aromatic heterocycles. The lowest BCUT2D eigenvalue weighted by molar-refractivity contribution is -0.150. The van der Waals surface area contributed by atoms with Gasteiger partial charge in [0.15, 0.2) is 15.9 Å². The Hall–Kier alpha value is -3.66. The van der Waals surface area contributed by atoms with Gasteiger partial charge in [-0.05, 0) is 30.0 Å². The quantitative estimate of drug-likeness (QED) is 0.500. The van der Waals surface area contributed by atoms with E-state index in [1.165, 1.54) is 15.9 Å². The fraction of sp³-hybridized carbons (Fsp3) is 0.346. The molecule has 0 aliphatic carbocycles. The van der Waals surface area contributed by atoms with Crippen LogP contribution in [0.1, 0.15) is 24.0 Å². The van der Waals surface area contributed by atoms with Gasteiger partial charge in [0, 0.05) is 24.5 Å². The highest BCUT2D eigenvalue weighted by Crippen LogP contribution is 2.25. The monoisotopic (exact) mass is 512 g/mol. The van der Waals surface area contributed by atoms with E-state index >= 15 is 0 Å². The van der Waals surface area contributed by atoms with Gasteiger partial charge in [0.05, 0.1) is 0 Å². The maximum atomic E-state index is 12.7. The molecule has 0 saturated carbocycles. The molecule has 2 fully saturated rings. The molecule has 2 aliphatic rings. The summed E-state index contributed by atoms with van der Waals surface area (Å²) in [6, 6.07) is 17.0. The summed E-state index contributed by atoms with van der Waals surface area (Å²) in [7, 11) is -3.73. The highest BCUT2D eigenvalue weighted by Gasteiger charge is 2.44. The molecule has 2 saturated heterocycles. The first-order valence-electron chi connectivity index (χ1n) is 11.7. The minimum Gasteiger partial charge on any atom is -0.459 e. The summed E-state index contributed by atoms with van der Waals surface area (Å²) < 4.78 is 35.3. The Morgan fingerprint density at radius 1 is 1.00 bits per heavy atom. The summed E-state index contributed by atoms with van der Waals surface area (Å²) in [5.74, 6) is -1.66. The van der Waals surface area contributed by atoms with Gasteiger partial charge >= 0.3 is 12.1 Å². The number of esters is 1. The van der Waals surface area contributed by atoms with Crippen LogP contribution >= 0.6 is 0 Å². The molecular formula is C26H28N2O7S. The van der Waals surface area contributed by atoms with Crippen molar-refractivity contribution in [1.82, 2.24) is 9.80 Å². The third kappa shape index (κ3) is 6.51. The van der Waals surface area contributed by atoms with Gasteiger partial charge in [-0.25, -0.2) is 18.0 Å². The number of nitrogens with zero attached hydrogens (tertiary/aromatic N) is 2. The second kappa shape index (κ2) is 11.4. The summed E-state index contributed by atoms with van der Waals surface area (Å²) in [5, 5.41) is 1.05. The fourth-order valence-electron chi connectivity index (χ4n) is 4.29. The Morgan fingerprint density at radius 3 is 2.31 bits per heavy atom. The van der Waals surface area contributed by atoms with Gasteiger partial charge in [0.25, 0.3) is 0 Å². The average Bonchev–Trinajstić information content (AvgIpc) is 3.28. The van der Waals surface area contributed by atoms with Crippen molar-refractivity contribution in [3.63, 3.8) is 0 Å². The van der Waals surface area contributed by atoms with E-state index in [1.807, 2.05) is 36.4 Å². The second-order valence-electron chi connectivity index (χ2n) is 8.73. The summed E-state index contributed by atoms with van der Waals surface area (Å²) in [4.78, 5) is 40.6. The molecule has 190 valence electrons. The Morgan fingerprint density at radius 2 is 1.64 bits per heavy atom. The first-order valence-corrected chi connectivity index (χ1v) is 13.4. The maximum absolute atomic E-state index is 12.7. The molecule has 2 heterocycles. The van der Waals surface area contributed by atoms with Crippen molar-refractivity contribution in [2.24, 2.45) is 0 Å². The molecule has 1 atom stereocenters. The van der Waals surface area contributed by atoms with Crippen molar-refractivity contribution in [1.29, 1.82) is 0 Å². The Kier molecular flexibility index (Phi) is 8.04. The number of piperidine rings is 1. The summed E-state index contributed by atoms with van der Waals surface area (Å²) in [6.45, 7) is 0.559. The predicted octanol–water partition coefficient (Wildman–Crippen LogP) is 2.63. The molecule has 9 nitrogen and oxygen atoms in total. The number of ether oxygens (including phenoxy) is 2. The summed E-state index contributed by atoms with van der Waals surface area (Å²) in [6.07, 6.45) is 1.69. The van der Waals surface area contributed by atoms with E-state index in [0.717, 1.165) is 16.5 Å². The van der Waals surface area contributed by atoms with Crippen molar-refractivity contribution in [2.45, 2.75) is 31.5 Å². The van der Waals surface area contributed by atoms with E-state index in [2.05, 4.69) is 0 Å². The lowest BCUT2D eigenvalue weighted by atomic mass is 10.0. The number of carbonyl (C=O) groups is 3. The van der Waals surface area contributed by atoms with Crippen LogP contribution in [0.25, 0.3) is 6.08 Å². The molecule has 0 unspecified atom stereocenters. The SMILES string of the molecule is O=C(OCc1ccccc1)[C@@H]1COC(=O)N1C1CCN(C(=O)CS(=O)(=O)/C=C/c2ccccc2)CC1. The number of hydrogen-bond donors (Lipinski definition) is 0. The molecule has 2 amide bonds. The van der Waals surface area contributed by atoms with Crippen molar-refractivity contribution < 1.29 is 32.3 Å². The molecule has 0 bridgehead atoms. The Labute approximate surface area is 210 Å². The van der Waals surface area contributed by atoms with Gasteiger partial charge in [0.1, 0.15) is 19.0 Å². The lowest BCUT2D eigenvalue weighted by Crippen LogP contribution is -2.52. The first kappa shape index (κ1) is 25.4. The molecule has 36 heavy (non-hydrogen) atoms. The average molecular weight is 513 g/mol. The topological polar surface area (TPSA) is 110 Å². The van der Waals surface area contributed by atoms with Crippen LogP contribution < -0.4 is 0 Å². The zero-order valence-electron chi connectivity index (χ0n) is 19.7. The second-order valence-corrected chi connectivity index (χ2v) is 10.6. The lowest BCUT2D eigenvalue weighted by Gasteiger charge is -2.37. The number of sulfone groups is 1. The van der Waals surface area contributed by atoms with E-state index in [9.17, 15) is 22.8 Å². The van der Waals surface area contributed by atoms with Crippen LogP contribution in [0, 0.1) is 0 Å². The van der Waals surface area contributed by atoms with E-state index in [0.29, 0.717) is 12.8 Å². The van der Waals surface area contributed by atoms with Crippen LogP contribution in [0.4, 0.5) is 4.79 Å². The third-order valence-electron chi connectivity index (χ3n) is 6.21. The number of hydrogen-bond acceptors (Lipinski definition) is 7. The van der Waals surface area contributed by atoms with Crippen LogP contribution in [-0.4, -0.2) is 73.7 Å². The zero-order chi connectivity index (χ0) is 25.5. The Balaban J connectivity index is 1.29. The number of amides is 2. The molecule has 0 N–H and O–H groups in total. The van der Waals surface area contributed by atoms with Crippen molar-refractivity contribution in [3.05, 3.63) is 77.2 Å². The number of likely N-dealkylation sites (tertiary alicyclic amines) is 1.